The van der Waals surface area contributed by atoms with E-state index < -0.39 is 0 Å². The first-order valence-corrected chi connectivity index (χ1v) is 1.62. The average molecular weight is 84.1 g/mol. The van der Waals surface area contributed by atoms with Gasteiger partial charge in [-0.3, -0.25) is 0 Å². The minimum atomic E-state index is 0.420. The van der Waals surface area contributed by atoms with E-state index >= 15 is 0 Å². The van der Waals surface area contributed by atoms with Crippen LogP contribution in [0.1, 0.15) is 0 Å². The van der Waals surface area contributed by atoms with Gasteiger partial charge in [-0.05, 0) is 9.98 Å². The molecule has 0 saturated carbocycles. The SMILES string of the molecule is C1=NCOC=[N+]1. The maximum atomic E-state index is 4.58. The minimum absolute atomic E-state index is 0.420. The van der Waals surface area contributed by atoms with Crippen molar-refractivity contribution in [3.05, 3.63) is 0 Å². The number of hydrogen-bond acceptors (Lipinski definition) is 3. The van der Waals surface area contributed by atoms with Crippen molar-refractivity contribution in [2.75, 3.05) is 6.73 Å². The molecule has 0 saturated heterocycles. The van der Waals surface area contributed by atoms with Gasteiger partial charge < -0.3 is 4.74 Å². The standard InChI is InChI=1S/C3H4N2O/c1-4-2-6-3-5-1/h1-2H,3H2/q+1. The third-order valence-electron chi connectivity index (χ3n) is 0.433. The van der Waals surface area contributed by atoms with Crippen molar-refractivity contribution in [3.63, 3.8) is 0 Å². The lowest BCUT2D eigenvalue weighted by Gasteiger charge is -1.82. The van der Waals surface area contributed by atoms with Crippen LogP contribution in [0.25, 0.3) is 0 Å². The van der Waals surface area contributed by atoms with Gasteiger partial charge in [0.1, 0.15) is 0 Å². The predicted octanol–water partition coefficient (Wildman–Crippen LogP) is -0.634. The number of aliphatic imine (C=N–C) groups is 2. The van der Waals surface area contributed by atoms with E-state index in [0.717, 1.165) is 0 Å². The fourth-order valence-corrected chi connectivity index (χ4v) is 0.227. The lowest BCUT2D eigenvalue weighted by molar-refractivity contribution is 0.328. The van der Waals surface area contributed by atoms with E-state index in [2.05, 4.69) is 14.7 Å². The summed E-state index contributed by atoms with van der Waals surface area (Å²) in [5.41, 5.74) is 0. The molecule has 0 atom stereocenters. The lowest BCUT2D eigenvalue weighted by Crippen LogP contribution is -2.01. The number of rotatable bonds is 0. The highest BCUT2D eigenvalue weighted by molar-refractivity contribution is 5.65. The molecule has 31 valence electrons. The minimum Gasteiger partial charge on any atom is -0.420 e. The first-order chi connectivity index (χ1) is 3.00. The van der Waals surface area contributed by atoms with Crippen molar-refractivity contribution in [2.24, 2.45) is 4.99 Å². The normalized spacial score (nSPS) is 17.3. The van der Waals surface area contributed by atoms with Crippen LogP contribution in [-0.4, -0.2) is 19.5 Å². The molecular weight excluding hydrogens is 80.0 g/mol. The second-order valence-electron chi connectivity index (χ2n) is 0.848. The summed E-state index contributed by atoms with van der Waals surface area (Å²) < 4.78 is 4.58. The number of ether oxygens (including phenoxy) is 1. The molecule has 1 radical (unpaired) electrons. The topological polar surface area (TPSA) is 35.7 Å². The van der Waals surface area contributed by atoms with E-state index in [1.54, 1.807) is 0 Å². The summed E-state index contributed by atoms with van der Waals surface area (Å²) in [7, 11) is 0. The summed E-state index contributed by atoms with van der Waals surface area (Å²) in [6.45, 7) is 0.420. The summed E-state index contributed by atoms with van der Waals surface area (Å²) in [4.78, 5) is 7.17. The third kappa shape index (κ3) is 0.544. The van der Waals surface area contributed by atoms with Crippen molar-refractivity contribution >= 4 is 12.7 Å². The molecule has 0 amide bonds. The van der Waals surface area contributed by atoms with Crippen LogP contribution in [0.3, 0.4) is 0 Å². The second kappa shape index (κ2) is 1.55. The van der Waals surface area contributed by atoms with Crippen LogP contribution in [0, 0.1) is 0 Å². The van der Waals surface area contributed by atoms with E-state index in [1.807, 2.05) is 0 Å². The number of hydrogen-bond donors (Lipinski definition) is 0. The highest BCUT2D eigenvalue weighted by Crippen LogP contribution is 1.69. The van der Waals surface area contributed by atoms with Gasteiger partial charge >= 0.3 is 6.34 Å². The third-order valence-corrected chi connectivity index (χ3v) is 0.433. The molecule has 3 heteroatoms. The molecule has 0 aromatic heterocycles. The van der Waals surface area contributed by atoms with E-state index in [0.29, 0.717) is 6.73 Å². The van der Waals surface area contributed by atoms with Gasteiger partial charge in [-0.1, -0.05) is 0 Å². The van der Waals surface area contributed by atoms with E-state index in [4.69, 9.17) is 0 Å². The molecule has 1 aliphatic rings. The van der Waals surface area contributed by atoms with Crippen molar-refractivity contribution in [1.29, 1.82) is 0 Å². The molecule has 1 aliphatic heterocycles. The summed E-state index contributed by atoms with van der Waals surface area (Å²) >= 11 is 0. The van der Waals surface area contributed by atoms with Crippen molar-refractivity contribution in [1.82, 2.24) is 4.99 Å². The Morgan fingerprint density at radius 2 is 2.83 bits per heavy atom. The first kappa shape index (κ1) is 3.33. The van der Waals surface area contributed by atoms with Crippen LogP contribution in [0.4, 0.5) is 0 Å². The van der Waals surface area contributed by atoms with Crippen LogP contribution in [0.2, 0.25) is 0 Å². The summed E-state index contributed by atoms with van der Waals surface area (Å²) in [6.07, 6.45) is 2.83. The van der Waals surface area contributed by atoms with Crippen LogP contribution < -0.4 is 4.99 Å². The molecule has 0 spiro atoms. The molecule has 0 aromatic carbocycles. The van der Waals surface area contributed by atoms with Gasteiger partial charge in [-0.2, -0.15) is 0 Å². The molecule has 0 aliphatic carbocycles. The number of nitrogens with zero attached hydrogens (tertiary/aromatic N) is 2. The van der Waals surface area contributed by atoms with Gasteiger partial charge in [-0.25, -0.2) is 0 Å². The van der Waals surface area contributed by atoms with Gasteiger partial charge in [0.2, 0.25) is 0 Å². The molecule has 0 N–H and O–H groups in total. The van der Waals surface area contributed by atoms with Gasteiger partial charge in [0, 0.05) is 0 Å². The van der Waals surface area contributed by atoms with E-state index in [9.17, 15) is 0 Å². The van der Waals surface area contributed by atoms with Crippen molar-refractivity contribution < 1.29 is 4.74 Å². The Balaban J connectivity index is 2.46. The van der Waals surface area contributed by atoms with Crippen LogP contribution >= 0.6 is 0 Å². The van der Waals surface area contributed by atoms with Crippen LogP contribution in [0.15, 0.2) is 4.99 Å². The Morgan fingerprint density at radius 3 is 3.00 bits per heavy atom. The molecule has 6 heavy (non-hydrogen) atoms. The molecule has 1 rings (SSSR count). The molecule has 1 heterocycles. The monoisotopic (exact) mass is 84.0 g/mol. The summed E-state index contributed by atoms with van der Waals surface area (Å²) in [5, 5.41) is 0. The molecule has 3 nitrogen and oxygen atoms in total. The predicted molar refractivity (Wildman–Crippen MR) is 22.6 cm³/mol. The highest BCUT2D eigenvalue weighted by Gasteiger charge is 1.90. The van der Waals surface area contributed by atoms with Gasteiger partial charge in [-0.15, -0.1) is 0 Å². The smallest absolute Gasteiger partial charge is 0.329 e. The van der Waals surface area contributed by atoms with Crippen molar-refractivity contribution in [3.8, 4) is 0 Å². The van der Waals surface area contributed by atoms with Gasteiger partial charge in [0.05, 0.1) is 0 Å². The zero-order chi connectivity index (χ0) is 4.24. The molecule has 0 aromatic rings. The fraction of sp³-hybridized carbons (Fsp3) is 0.333. The second-order valence-corrected chi connectivity index (χ2v) is 0.848. The van der Waals surface area contributed by atoms with E-state index in [-0.39, 0.29) is 0 Å². The Hall–Kier alpha value is -0.860. The average Bonchev–Trinajstić information content (AvgIpc) is 1.72. The summed E-state index contributed by atoms with van der Waals surface area (Å²) in [5.74, 6) is 0. The van der Waals surface area contributed by atoms with E-state index in [1.165, 1.54) is 12.7 Å². The molecular formula is C3H4N2O+. The fourth-order valence-electron chi connectivity index (χ4n) is 0.227. The maximum absolute atomic E-state index is 4.58. The highest BCUT2D eigenvalue weighted by atomic mass is 16.5. The zero-order valence-corrected chi connectivity index (χ0v) is 3.16. The largest absolute Gasteiger partial charge is 0.420 e. The quantitative estimate of drug-likeness (QED) is 0.384. The van der Waals surface area contributed by atoms with Crippen LogP contribution in [0.5, 0.6) is 0 Å². The molecule has 0 unspecified atom stereocenters. The molecule has 0 bridgehead atoms. The maximum Gasteiger partial charge on any atom is 0.329 e. The zero-order valence-electron chi connectivity index (χ0n) is 3.16. The lowest BCUT2D eigenvalue weighted by atomic mass is 11.1. The molecule has 0 fully saturated rings. The summed E-state index contributed by atoms with van der Waals surface area (Å²) in [6, 6.07) is 0. The van der Waals surface area contributed by atoms with Crippen molar-refractivity contribution in [2.45, 2.75) is 0 Å². The Kier molecular flexibility index (Phi) is 0.859. The van der Waals surface area contributed by atoms with Crippen LogP contribution in [-0.2, 0) is 4.74 Å². The Morgan fingerprint density at radius 1 is 1.83 bits per heavy atom. The Labute approximate surface area is 35.4 Å². The van der Waals surface area contributed by atoms with Gasteiger partial charge in [0.25, 0.3) is 13.1 Å². The first-order valence-electron chi connectivity index (χ1n) is 1.62. The van der Waals surface area contributed by atoms with Gasteiger partial charge in [0.15, 0.2) is 0 Å². The Bertz CT molecular complexity index is 74.8.